The molecule has 0 aliphatic carbocycles. The summed E-state index contributed by atoms with van der Waals surface area (Å²) in [6.07, 6.45) is 4.77. The van der Waals surface area contributed by atoms with Gasteiger partial charge in [0.1, 0.15) is 11.5 Å². The summed E-state index contributed by atoms with van der Waals surface area (Å²) in [6, 6.07) is 11.4. The zero-order valence-electron chi connectivity index (χ0n) is 21.0. The topological polar surface area (TPSA) is 85.3 Å². The Morgan fingerprint density at radius 1 is 0.943 bits per heavy atom. The highest BCUT2D eigenvalue weighted by Crippen LogP contribution is 2.45. The summed E-state index contributed by atoms with van der Waals surface area (Å²) < 4.78 is 16.8. The summed E-state index contributed by atoms with van der Waals surface area (Å²) in [5.41, 5.74) is 1.06. The van der Waals surface area contributed by atoms with E-state index in [4.69, 9.17) is 14.2 Å². The first kappa shape index (κ1) is 26.1. The average Bonchev–Trinajstić information content (AvgIpc) is 3.14. The van der Waals surface area contributed by atoms with Crippen LogP contribution in [0.2, 0.25) is 0 Å². The third kappa shape index (κ3) is 5.61. The van der Waals surface area contributed by atoms with E-state index in [1.54, 1.807) is 42.5 Å². The lowest BCUT2D eigenvalue weighted by molar-refractivity contribution is -0.139. The standard InChI is InChI=1S/C28H35NO6/c1-5-7-9-18-35-20-15-13-19(14-16-20)25(30)23-24(29(17-8-6-2)28(32)26(23)31)21-11-10-12-22(33-3)27(21)34-4/h10-16,24,30H,5-9,17-18H2,1-4H3/b25-23+. The number of Topliss-reactive ketones (excluding diaryl/α,β-unsaturated/α-hetero) is 1. The van der Waals surface area contributed by atoms with Crippen molar-refractivity contribution in [2.75, 3.05) is 27.4 Å². The van der Waals surface area contributed by atoms with Crippen molar-refractivity contribution >= 4 is 17.4 Å². The second kappa shape index (κ2) is 12.3. The number of para-hydroxylation sites is 1. The van der Waals surface area contributed by atoms with Gasteiger partial charge in [0.25, 0.3) is 11.7 Å². The van der Waals surface area contributed by atoms with Gasteiger partial charge in [-0.3, -0.25) is 9.59 Å². The fraction of sp³-hybridized carbons (Fsp3) is 0.429. The number of amides is 1. The molecule has 1 saturated heterocycles. The van der Waals surface area contributed by atoms with Gasteiger partial charge in [-0.1, -0.05) is 45.2 Å². The number of rotatable bonds is 12. The SMILES string of the molecule is CCCCCOc1ccc(/C(O)=C2\C(=O)C(=O)N(CCCC)C2c2cccc(OC)c2OC)cc1. The number of benzene rings is 2. The Bertz CT molecular complexity index is 1060. The van der Waals surface area contributed by atoms with Crippen molar-refractivity contribution in [2.24, 2.45) is 0 Å². The number of unbranched alkanes of at least 4 members (excludes halogenated alkanes) is 3. The van der Waals surface area contributed by atoms with Crippen LogP contribution in [0.1, 0.15) is 63.1 Å². The third-order valence-corrected chi connectivity index (χ3v) is 6.16. The number of hydrogen-bond acceptors (Lipinski definition) is 6. The largest absolute Gasteiger partial charge is 0.507 e. The summed E-state index contributed by atoms with van der Waals surface area (Å²) in [5.74, 6) is 0.0155. The molecule has 1 N–H and O–H groups in total. The lowest BCUT2D eigenvalue weighted by Gasteiger charge is -2.27. The third-order valence-electron chi connectivity index (χ3n) is 6.16. The van der Waals surface area contributed by atoms with Gasteiger partial charge in [-0.15, -0.1) is 0 Å². The molecule has 2 aromatic rings. The lowest BCUT2D eigenvalue weighted by Crippen LogP contribution is -2.30. The van der Waals surface area contributed by atoms with Crippen LogP contribution >= 0.6 is 0 Å². The number of carbonyl (C=O) groups excluding carboxylic acids is 2. The smallest absolute Gasteiger partial charge is 0.295 e. The minimum absolute atomic E-state index is 0.0364. The lowest BCUT2D eigenvalue weighted by atomic mass is 9.94. The van der Waals surface area contributed by atoms with Gasteiger partial charge >= 0.3 is 0 Å². The molecule has 1 atom stereocenters. The molecule has 0 saturated carbocycles. The van der Waals surface area contributed by atoms with E-state index in [1.165, 1.54) is 19.1 Å². The highest BCUT2D eigenvalue weighted by Gasteiger charge is 2.47. The van der Waals surface area contributed by atoms with Crippen LogP contribution in [0.5, 0.6) is 17.2 Å². The summed E-state index contributed by atoms with van der Waals surface area (Å²) in [7, 11) is 3.04. The van der Waals surface area contributed by atoms with E-state index in [9.17, 15) is 14.7 Å². The van der Waals surface area contributed by atoms with E-state index < -0.39 is 17.7 Å². The summed E-state index contributed by atoms with van der Waals surface area (Å²) >= 11 is 0. The van der Waals surface area contributed by atoms with Crippen LogP contribution in [0.15, 0.2) is 48.0 Å². The predicted molar refractivity (Wildman–Crippen MR) is 135 cm³/mol. The number of aliphatic hydroxyl groups excluding tert-OH is 1. The molecule has 7 nitrogen and oxygen atoms in total. The first-order valence-electron chi connectivity index (χ1n) is 12.2. The van der Waals surface area contributed by atoms with Gasteiger partial charge < -0.3 is 24.2 Å². The molecule has 1 heterocycles. The molecule has 1 aliphatic heterocycles. The monoisotopic (exact) mass is 481 g/mol. The number of ether oxygens (including phenoxy) is 3. The summed E-state index contributed by atoms with van der Waals surface area (Å²) in [5, 5.41) is 11.3. The second-order valence-corrected chi connectivity index (χ2v) is 8.51. The zero-order chi connectivity index (χ0) is 25.4. The first-order valence-corrected chi connectivity index (χ1v) is 12.2. The maximum Gasteiger partial charge on any atom is 0.295 e. The number of ketones is 1. The Kier molecular flexibility index (Phi) is 9.18. The first-order chi connectivity index (χ1) is 17.0. The van der Waals surface area contributed by atoms with Crippen LogP contribution in [-0.4, -0.2) is 49.1 Å². The molecule has 1 amide bonds. The Morgan fingerprint density at radius 2 is 1.66 bits per heavy atom. The van der Waals surface area contributed by atoms with Gasteiger partial charge in [-0.2, -0.15) is 0 Å². The van der Waals surface area contributed by atoms with Crippen LogP contribution in [0.25, 0.3) is 5.76 Å². The molecule has 0 spiro atoms. The molecule has 0 bridgehead atoms. The number of methoxy groups -OCH3 is 2. The zero-order valence-corrected chi connectivity index (χ0v) is 21.0. The summed E-state index contributed by atoms with van der Waals surface area (Å²) in [6.45, 7) is 5.16. The minimum Gasteiger partial charge on any atom is -0.507 e. The quantitative estimate of drug-likeness (QED) is 0.187. The van der Waals surface area contributed by atoms with Crippen LogP contribution in [0, 0.1) is 0 Å². The van der Waals surface area contributed by atoms with E-state index >= 15 is 0 Å². The molecular weight excluding hydrogens is 446 g/mol. The maximum atomic E-state index is 13.2. The van der Waals surface area contributed by atoms with Crippen LogP contribution in [-0.2, 0) is 9.59 Å². The second-order valence-electron chi connectivity index (χ2n) is 8.51. The van der Waals surface area contributed by atoms with Gasteiger partial charge in [-0.05, 0) is 43.2 Å². The van der Waals surface area contributed by atoms with Crippen molar-refractivity contribution in [1.29, 1.82) is 0 Å². The minimum atomic E-state index is -0.795. The highest BCUT2D eigenvalue weighted by molar-refractivity contribution is 6.46. The van der Waals surface area contributed by atoms with E-state index in [-0.39, 0.29) is 11.3 Å². The molecule has 3 rings (SSSR count). The number of hydrogen-bond donors (Lipinski definition) is 1. The van der Waals surface area contributed by atoms with Crippen LogP contribution in [0.4, 0.5) is 0 Å². The Hall–Kier alpha value is -3.48. The van der Waals surface area contributed by atoms with Gasteiger partial charge in [0.2, 0.25) is 0 Å². The van der Waals surface area contributed by atoms with Gasteiger partial charge in [0.05, 0.1) is 32.4 Å². The molecular formula is C28H35NO6. The molecule has 35 heavy (non-hydrogen) atoms. The predicted octanol–water partition coefficient (Wildman–Crippen LogP) is 5.49. The molecule has 188 valence electrons. The molecule has 0 aromatic heterocycles. The number of aliphatic hydroxyl groups is 1. The van der Waals surface area contributed by atoms with E-state index in [0.29, 0.717) is 41.5 Å². The maximum absolute atomic E-state index is 13.2. The van der Waals surface area contributed by atoms with Crippen molar-refractivity contribution in [3.63, 3.8) is 0 Å². The van der Waals surface area contributed by atoms with Crippen molar-refractivity contribution in [3.05, 3.63) is 59.2 Å². The van der Waals surface area contributed by atoms with E-state index in [1.807, 2.05) is 6.92 Å². The molecule has 1 fully saturated rings. The molecule has 7 heteroatoms. The van der Waals surface area contributed by atoms with Crippen molar-refractivity contribution in [1.82, 2.24) is 4.90 Å². The van der Waals surface area contributed by atoms with Crippen LogP contribution < -0.4 is 14.2 Å². The van der Waals surface area contributed by atoms with E-state index in [2.05, 4.69) is 6.92 Å². The van der Waals surface area contributed by atoms with Gasteiger partial charge in [0.15, 0.2) is 11.5 Å². The molecule has 1 aliphatic rings. The molecule has 0 radical (unpaired) electrons. The molecule has 1 unspecified atom stereocenters. The average molecular weight is 482 g/mol. The number of nitrogens with zero attached hydrogens (tertiary/aromatic N) is 1. The van der Waals surface area contributed by atoms with Crippen molar-refractivity contribution in [3.8, 4) is 17.2 Å². The Labute approximate surface area is 207 Å². The van der Waals surface area contributed by atoms with Gasteiger partial charge in [-0.25, -0.2) is 0 Å². The molecule has 2 aromatic carbocycles. The van der Waals surface area contributed by atoms with Crippen molar-refractivity contribution in [2.45, 2.75) is 52.0 Å². The Morgan fingerprint density at radius 3 is 2.29 bits per heavy atom. The van der Waals surface area contributed by atoms with Crippen LogP contribution in [0.3, 0.4) is 0 Å². The fourth-order valence-electron chi connectivity index (χ4n) is 4.30. The fourth-order valence-corrected chi connectivity index (χ4v) is 4.30. The van der Waals surface area contributed by atoms with Gasteiger partial charge in [0, 0.05) is 17.7 Å². The number of carbonyl (C=O) groups is 2. The normalized spacial score (nSPS) is 17.0. The number of likely N-dealkylation sites (tertiary alicyclic amines) is 1. The Balaban J connectivity index is 2.05. The highest BCUT2D eigenvalue weighted by atomic mass is 16.5. The van der Waals surface area contributed by atoms with Crippen molar-refractivity contribution < 1.29 is 28.9 Å². The van der Waals surface area contributed by atoms with E-state index in [0.717, 1.165) is 32.1 Å². The summed E-state index contributed by atoms with van der Waals surface area (Å²) in [4.78, 5) is 27.8.